The number of carbonyl (C=O) groups excluding carboxylic acids is 2. The molecule has 9 heteroatoms. The minimum absolute atomic E-state index is 0.0585. The zero-order chi connectivity index (χ0) is 23.7. The van der Waals surface area contributed by atoms with E-state index in [0.29, 0.717) is 25.3 Å². The van der Waals surface area contributed by atoms with Gasteiger partial charge in [0.05, 0.1) is 5.92 Å². The topological polar surface area (TPSA) is 115 Å². The Kier molecular flexibility index (Phi) is 6.33. The molecule has 180 valence electrons. The molecule has 0 radical (unpaired) electrons. The van der Waals surface area contributed by atoms with Crippen LogP contribution in [0.25, 0.3) is 5.57 Å². The summed E-state index contributed by atoms with van der Waals surface area (Å²) < 4.78 is 19.5. The predicted molar refractivity (Wildman–Crippen MR) is 133 cm³/mol. The third kappa shape index (κ3) is 5.11. The summed E-state index contributed by atoms with van der Waals surface area (Å²) in [4.78, 5) is 31.0. The van der Waals surface area contributed by atoms with Gasteiger partial charge in [0.25, 0.3) is 0 Å². The van der Waals surface area contributed by atoms with Crippen molar-refractivity contribution in [3.63, 3.8) is 0 Å². The minimum Gasteiger partial charge on any atom is -0.353 e. The van der Waals surface area contributed by atoms with Gasteiger partial charge < -0.3 is 15.5 Å². The number of benzene rings is 1. The Morgan fingerprint density at radius 1 is 1.06 bits per heavy atom. The van der Waals surface area contributed by atoms with Crippen LogP contribution in [0, 0.1) is 5.92 Å². The van der Waals surface area contributed by atoms with Crippen molar-refractivity contribution < 1.29 is 18.7 Å². The molecule has 1 fully saturated rings. The van der Waals surface area contributed by atoms with E-state index in [4.69, 9.17) is 0 Å². The molecular weight excluding hydrogens is 452 g/mol. The first-order valence-electron chi connectivity index (χ1n) is 11.7. The molecule has 1 saturated heterocycles. The lowest BCUT2D eigenvalue weighted by Crippen LogP contribution is -2.39. The van der Waals surface area contributed by atoms with Gasteiger partial charge in [-0.25, -0.2) is 4.79 Å². The van der Waals surface area contributed by atoms with Crippen LogP contribution < -0.4 is 10.6 Å². The van der Waals surface area contributed by atoms with Crippen molar-refractivity contribution in [2.75, 3.05) is 16.8 Å². The lowest BCUT2D eigenvalue weighted by Gasteiger charge is -2.27. The van der Waals surface area contributed by atoms with E-state index in [1.807, 2.05) is 36.5 Å². The van der Waals surface area contributed by atoms with Crippen LogP contribution in [0.1, 0.15) is 42.4 Å². The van der Waals surface area contributed by atoms with Crippen molar-refractivity contribution in [2.45, 2.75) is 44.8 Å². The quantitative estimate of drug-likeness (QED) is 0.514. The van der Waals surface area contributed by atoms with Crippen molar-refractivity contribution >= 4 is 33.8 Å². The number of nitrogens with zero attached hydrogens (tertiary/aromatic N) is 2. The first kappa shape index (κ1) is 22.9. The van der Waals surface area contributed by atoms with Crippen molar-refractivity contribution in [2.24, 2.45) is 5.92 Å². The van der Waals surface area contributed by atoms with Gasteiger partial charge in [-0.15, -0.1) is 0 Å². The Hall–Kier alpha value is -2.88. The summed E-state index contributed by atoms with van der Waals surface area (Å²) in [6, 6.07) is 9.80. The van der Waals surface area contributed by atoms with Crippen LogP contribution in [-0.2, 0) is 17.9 Å². The fourth-order valence-corrected chi connectivity index (χ4v) is 6.70. The third-order valence-electron chi connectivity index (χ3n) is 6.91. The molecule has 3 aliphatic rings. The van der Waals surface area contributed by atoms with Crippen LogP contribution in [0.15, 0.2) is 48.8 Å². The fourth-order valence-electron chi connectivity index (χ4n) is 4.91. The SMILES string of the molecule is O=C(NC1CC=C(c2ccc(NC(=O)N3Cc4ccncc4C3)cc2)CC1)C1CCS(O)(O)C1. The number of urea groups is 1. The maximum atomic E-state index is 12.6. The van der Waals surface area contributed by atoms with Crippen molar-refractivity contribution in [3.8, 4) is 0 Å². The van der Waals surface area contributed by atoms with Gasteiger partial charge in [-0.3, -0.25) is 18.9 Å². The van der Waals surface area contributed by atoms with Crippen LogP contribution in [0.2, 0.25) is 0 Å². The average Bonchev–Trinajstić information content (AvgIpc) is 3.43. The molecule has 0 saturated carbocycles. The van der Waals surface area contributed by atoms with E-state index in [1.54, 1.807) is 11.1 Å². The number of anilines is 1. The molecule has 3 heterocycles. The van der Waals surface area contributed by atoms with Crippen LogP contribution in [-0.4, -0.2) is 48.5 Å². The van der Waals surface area contributed by atoms with Gasteiger partial charge in [-0.1, -0.05) is 18.2 Å². The second-order valence-corrected chi connectivity index (χ2v) is 11.7. The smallest absolute Gasteiger partial charge is 0.322 e. The lowest BCUT2D eigenvalue weighted by molar-refractivity contribution is -0.125. The highest BCUT2D eigenvalue weighted by Gasteiger charge is 2.34. The molecule has 5 rings (SSSR count). The van der Waals surface area contributed by atoms with Gasteiger partial charge in [-0.2, -0.15) is 10.6 Å². The second kappa shape index (κ2) is 9.40. The Balaban J connectivity index is 1.12. The maximum absolute atomic E-state index is 12.6. The molecule has 8 nitrogen and oxygen atoms in total. The van der Waals surface area contributed by atoms with Gasteiger partial charge in [0.15, 0.2) is 0 Å². The normalized spacial score (nSPS) is 24.2. The summed E-state index contributed by atoms with van der Waals surface area (Å²) >= 11 is 0. The summed E-state index contributed by atoms with van der Waals surface area (Å²) in [5.41, 5.74) is 5.34. The number of amides is 3. The van der Waals surface area contributed by atoms with Crippen LogP contribution >= 0.6 is 10.6 Å². The molecule has 4 N–H and O–H groups in total. The largest absolute Gasteiger partial charge is 0.353 e. The molecule has 3 amide bonds. The Labute approximate surface area is 200 Å². The van der Waals surface area contributed by atoms with Crippen molar-refractivity contribution in [3.05, 3.63) is 65.5 Å². The van der Waals surface area contributed by atoms with Gasteiger partial charge >= 0.3 is 6.03 Å². The zero-order valence-electron chi connectivity index (χ0n) is 18.9. The zero-order valence-corrected chi connectivity index (χ0v) is 19.8. The van der Waals surface area contributed by atoms with E-state index in [0.717, 1.165) is 41.6 Å². The predicted octanol–water partition coefficient (Wildman–Crippen LogP) is 4.45. The Morgan fingerprint density at radius 3 is 2.53 bits per heavy atom. The number of pyridine rings is 1. The van der Waals surface area contributed by atoms with E-state index in [9.17, 15) is 18.7 Å². The van der Waals surface area contributed by atoms with Gasteiger partial charge in [0, 0.05) is 48.7 Å². The molecule has 0 spiro atoms. The molecule has 34 heavy (non-hydrogen) atoms. The second-order valence-electron chi connectivity index (χ2n) is 9.38. The number of hydrogen-bond acceptors (Lipinski definition) is 5. The lowest BCUT2D eigenvalue weighted by atomic mass is 9.90. The van der Waals surface area contributed by atoms with E-state index >= 15 is 0 Å². The monoisotopic (exact) mass is 482 g/mol. The van der Waals surface area contributed by atoms with Crippen LogP contribution in [0.4, 0.5) is 10.5 Å². The Bertz CT molecular complexity index is 1090. The molecule has 2 aromatic rings. The van der Waals surface area contributed by atoms with Gasteiger partial charge in [0.2, 0.25) is 5.91 Å². The fraction of sp³-hybridized carbons (Fsp3) is 0.400. The highest BCUT2D eigenvalue weighted by atomic mass is 32.3. The van der Waals surface area contributed by atoms with E-state index < -0.39 is 10.6 Å². The summed E-state index contributed by atoms with van der Waals surface area (Å²) in [6.07, 6.45) is 8.75. The summed E-state index contributed by atoms with van der Waals surface area (Å²) in [5.74, 6) is 0.179. The first-order valence-corrected chi connectivity index (χ1v) is 13.6. The van der Waals surface area contributed by atoms with E-state index in [-0.39, 0.29) is 29.7 Å². The van der Waals surface area contributed by atoms with Crippen LogP contribution in [0.5, 0.6) is 0 Å². The standard InChI is InChI=1S/C25H30N4O4S/c30-24(20-10-12-34(32,33)16-20)27-22-5-1-17(2-6-22)18-3-7-23(8-4-18)28-25(31)29-14-19-9-11-26-13-21(19)15-29/h1,3-4,7-9,11,13,20,22,32-33H,2,5-6,10,12,14-16H2,(H,27,30)(H,28,31). The number of rotatable bonds is 4. The maximum Gasteiger partial charge on any atom is 0.322 e. The highest BCUT2D eigenvalue weighted by Crippen LogP contribution is 2.48. The van der Waals surface area contributed by atoms with Crippen molar-refractivity contribution in [1.82, 2.24) is 15.2 Å². The molecule has 2 unspecified atom stereocenters. The van der Waals surface area contributed by atoms with E-state index in [2.05, 4.69) is 21.7 Å². The van der Waals surface area contributed by atoms with Crippen molar-refractivity contribution in [1.29, 1.82) is 0 Å². The number of nitrogens with one attached hydrogen (secondary N) is 2. The number of fused-ring (bicyclic) bond motifs is 1. The molecule has 0 bridgehead atoms. The number of aromatic nitrogens is 1. The highest BCUT2D eigenvalue weighted by molar-refractivity contribution is 8.24. The van der Waals surface area contributed by atoms with E-state index in [1.165, 1.54) is 5.57 Å². The summed E-state index contributed by atoms with van der Waals surface area (Å²) in [6.45, 7) is 1.16. The molecule has 1 aliphatic carbocycles. The van der Waals surface area contributed by atoms with Gasteiger partial charge in [-0.05, 0) is 66.1 Å². The minimum atomic E-state index is -2.56. The van der Waals surface area contributed by atoms with Gasteiger partial charge in [0.1, 0.15) is 0 Å². The molecular formula is C25H30N4O4S. The Morgan fingerprint density at radius 2 is 1.85 bits per heavy atom. The van der Waals surface area contributed by atoms with Crippen LogP contribution in [0.3, 0.4) is 0 Å². The molecule has 1 aromatic carbocycles. The molecule has 2 aliphatic heterocycles. The molecule has 1 aromatic heterocycles. The number of allylic oxidation sites excluding steroid dienone is 1. The third-order valence-corrected chi connectivity index (χ3v) is 8.74. The average molecular weight is 483 g/mol. The first-order chi connectivity index (χ1) is 16.4. The molecule has 2 atom stereocenters. The number of carbonyl (C=O) groups is 2. The number of hydrogen-bond donors (Lipinski definition) is 4. The summed E-state index contributed by atoms with van der Waals surface area (Å²) in [7, 11) is -2.56. The summed E-state index contributed by atoms with van der Waals surface area (Å²) in [5, 5.41) is 6.06.